The fourth-order valence-electron chi connectivity index (χ4n) is 1.83. The van der Waals surface area contributed by atoms with Crippen molar-refractivity contribution in [2.45, 2.75) is 5.03 Å². The lowest BCUT2D eigenvalue weighted by molar-refractivity contribution is 0.581. The highest BCUT2D eigenvalue weighted by Gasteiger charge is 2.26. The van der Waals surface area contributed by atoms with Crippen LogP contribution < -0.4 is 10.5 Å². The monoisotopic (exact) mass is 330 g/mol. The number of nitrogens with one attached hydrogen (secondary N) is 1. The molecule has 0 aliphatic carbocycles. The van der Waals surface area contributed by atoms with E-state index in [0.717, 1.165) is 18.2 Å². The maximum atomic E-state index is 13.6. The molecule has 0 aliphatic rings. The van der Waals surface area contributed by atoms with Gasteiger partial charge in [-0.25, -0.2) is 13.8 Å². The van der Waals surface area contributed by atoms with Gasteiger partial charge in [0.2, 0.25) is 5.03 Å². The molecule has 0 amide bonds. The highest BCUT2D eigenvalue weighted by atomic mass is 32.2. The van der Waals surface area contributed by atoms with Crippen molar-refractivity contribution in [1.82, 2.24) is 9.38 Å². The van der Waals surface area contributed by atoms with Crippen molar-refractivity contribution < 1.29 is 17.2 Å². The van der Waals surface area contributed by atoms with Gasteiger partial charge in [0.25, 0.3) is 10.0 Å². The number of sulfonamides is 1. The van der Waals surface area contributed by atoms with Crippen LogP contribution in [0.4, 0.5) is 20.3 Å². The summed E-state index contributed by atoms with van der Waals surface area (Å²) < 4.78 is 54.9. The zero-order valence-corrected chi connectivity index (χ0v) is 11.9. The predicted molar refractivity (Wildman–Crippen MR) is 74.6 cm³/mol. The van der Waals surface area contributed by atoms with Gasteiger partial charge in [0.05, 0.1) is 0 Å². The lowest BCUT2D eigenvalue weighted by Gasteiger charge is -2.09. The fourth-order valence-corrected chi connectivity index (χ4v) is 3.89. The van der Waals surface area contributed by atoms with Gasteiger partial charge >= 0.3 is 0 Å². The molecule has 10 heteroatoms. The van der Waals surface area contributed by atoms with E-state index >= 15 is 0 Å². The third-order valence-corrected chi connectivity index (χ3v) is 4.84. The van der Waals surface area contributed by atoms with Crippen LogP contribution in [0.15, 0.2) is 34.8 Å². The van der Waals surface area contributed by atoms with Crippen LogP contribution in [-0.4, -0.2) is 17.8 Å². The third-order valence-electron chi connectivity index (χ3n) is 2.70. The SMILES string of the molecule is Nc1nc2sccn2c1S(=O)(=O)Nc1c(F)cccc1F. The molecule has 0 spiro atoms. The smallest absolute Gasteiger partial charge is 0.281 e. The number of halogens is 2. The molecular formula is C11H8F2N4O2S2. The van der Waals surface area contributed by atoms with E-state index in [0.29, 0.717) is 4.96 Å². The molecule has 0 bridgehead atoms. The Bertz CT molecular complexity index is 913. The summed E-state index contributed by atoms with van der Waals surface area (Å²) in [7, 11) is -4.29. The Labute approximate surface area is 121 Å². The number of benzene rings is 1. The van der Waals surface area contributed by atoms with Gasteiger partial charge in [-0.15, -0.1) is 11.3 Å². The first-order valence-corrected chi connectivity index (χ1v) is 7.94. The summed E-state index contributed by atoms with van der Waals surface area (Å²) in [6, 6.07) is 3.02. The number of rotatable bonds is 3. The summed E-state index contributed by atoms with van der Waals surface area (Å²) in [6.07, 6.45) is 1.45. The van der Waals surface area contributed by atoms with Crippen LogP contribution in [-0.2, 0) is 10.0 Å². The molecule has 21 heavy (non-hydrogen) atoms. The molecule has 0 atom stereocenters. The van der Waals surface area contributed by atoms with Crippen molar-refractivity contribution >= 4 is 37.8 Å². The largest absolute Gasteiger partial charge is 0.381 e. The van der Waals surface area contributed by atoms with Crippen LogP contribution in [0.5, 0.6) is 0 Å². The van der Waals surface area contributed by atoms with Gasteiger partial charge in [-0.2, -0.15) is 8.42 Å². The number of hydrogen-bond donors (Lipinski definition) is 2. The van der Waals surface area contributed by atoms with E-state index in [2.05, 4.69) is 4.98 Å². The lowest BCUT2D eigenvalue weighted by atomic mass is 10.3. The average molecular weight is 330 g/mol. The van der Waals surface area contributed by atoms with E-state index in [1.807, 2.05) is 4.72 Å². The summed E-state index contributed by atoms with van der Waals surface area (Å²) in [5.74, 6) is -2.29. The number of aromatic nitrogens is 2. The summed E-state index contributed by atoms with van der Waals surface area (Å²) >= 11 is 1.18. The molecule has 6 nitrogen and oxygen atoms in total. The predicted octanol–water partition coefficient (Wildman–Crippen LogP) is 2.06. The molecule has 3 rings (SSSR count). The molecule has 0 fully saturated rings. The van der Waals surface area contributed by atoms with E-state index in [9.17, 15) is 17.2 Å². The number of thiazole rings is 1. The number of anilines is 2. The second kappa shape index (κ2) is 4.67. The van der Waals surface area contributed by atoms with E-state index in [1.165, 1.54) is 21.9 Å². The highest BCUT2D eigenvalue weighted by Crippen LogP contribution is 2.27. The minimum Gasteiger partial charge on any atom is -0.381 e. The standard InChI is InChI=1S/C11H8F2N4O2S2/c12-6-2-1-3-7(13)8(6)16-21(18,19)10-9(14)15-11-17(10)4-5-20-11/h1-5,16H,14H2. The Kier molecular flexibility index (Phi) is 3.06. The highest BCUT2D eigenvalue weighted by molar-refractivity contribution is 7.92. The lowest BCUT2D eigenvalue weighted by Crippen LogP contribution is -2.18. The van der Waals surface area contributed by atoms with Crippen LogP contribution in [0.1, 0.15) is 0 Å². The third kappa shape index (κ3) is 2.21. The van der Waals surface area contributed by atoms with Gasteiger partial charge in [-0.05, 0) is 12.1 Å². The topological polar surface area (TPSA) is 89.5 Å². The number of hydrogen-bond acceptors (Lipinski definition) is 5. The van der Waals surface area contributed by atoms with Crippen molar-refractivity contribution in [2.24, 2.45) is 0 Å². The van der Waals surface area contributed by atoms with Crippen molar-refractivity contribution in [3.8, 4) is 0 Å². The molecule has 0 unspecified atom stereocenters. The van der Waals surface area contributed by atoms with Crippen LogP contribution in [0.25, 0.3) is 4.96 Å². The molecular weight excluding hydrogens is 322 g/mol. The van der Waals surface area contributed by atoms with Gasteiger partial charge in [0.1, 0.15) is 17.3 Å². The Morgan fingerprint density at radius 1 is 1.29 bits per heavy atom. The van der Waals surface area contributed by atoms with Crippen molar-refractivity contribution in [3.63, 3.8) is 0 Å². The molecule has 3 N–H and O–H groups in total. The normalized spacial score (nSPS) is 11.9. The Balaban J connectivity index is 2.13. The first-order valence-electron chi connectivity index (χ1n) is 5.58. The van der Waals surface area contributed by atoms with Gasteiger partial charge in [0.15, 0.2) is 10.8 Å². The van der Waals surface area contributed by atoms with Crippen molar-refractivity contribution in [1.29, 1.82) is 0 Å². The minimum atomic E-state index is -4.29. The van der Waals surface area contributed by atoms with Crippen molar-refractivity contribution in [3.05, 3.63) is 41.4 Å². The fraction of sp³-hybridized carbons (Fsp3) is 0. The van der Waals surface area contributed by atoms with Crippen LogP contribution in [0.3, 0.4) is 0 Å². The summed E-state index contributed by atoms with van der Waals surface area (Å²) in [4.78, 5) is 4.24. The van der Waals surface area contributed by atoms with Gasteiger partial charge in [-0.1, -0.05) is 6.07 Å². The molecule has 0 saturated carbocycles. The second-order valence-corrected chi connectivity index (χ2v) is 6.53. The number of nitrogens with zero attached hydrogens (tertiary/aromatic N) is 2. The number of nitrogen functional groups attached to an aromatic ring is 1. The maximum Gasteiger partial charge on any atom is 0.281 e. The Morgan fingerprint density at radius 3 is 2.62 bits per heavy atom. The minimum absolute atomic E-state index is 0.244. The van der Waals surface area contributed by atoms with E-state index in [1.54, 1.807) is 5.38 Å². The Morgan fingerprint density at radius 2 is 1.95 bits per heavy atom. The quantitative estimate of drug-likeness (QED) is 0.769. The molecule has 1 aromatic carbocycles. The van der Waals surface area contributed by atoms with E-state index < -0.39 is 27.3 Å². The number of nitrogens with two attached hydrogens (primary N) is 1. The molecule has 110 valence electrons. The zero-order chi connectivity index (χ0) is 15.2. The summed E-state index contributed by atoms with van der Waals surface area (Å²) in [6.45, 7) is 0. The van der Waals surface area contributed by atoms with Gasteiger partial charge < -0.3 is 5.73 Å². The summed E-state index contributed by atoms with van der Waals surface area (Å²) in [5.41, 5.74) is 4.82. The molecule has 2 aromatic heterocycles. The first-order chi connectivity index (χ1) is 9.90. The second-order valence-electron chi connectivity index (χ2n) is 4.06. The molecule has 0 saturated heterocycles. The van der Waals surface area contributed by atoms with Crippen LogP contribution in [0.2, 0.25) is 0 Å². The molecule has 0 aliphatic heterocycles. The van der Waals surface area contributed by atoms with Gasteiger partial charge in [-0.3, -0.25) is 9.12 Å². The summed E-state index contributed by atoms with van der Waals surface area (Å²) in [5, 5.41) is 1.26. The number of imidazole rings is 1. The van der Waals surface area contributed by atoms with Gasteiger partial charge in [0, 0.05) is 11.6 Å². The Hall–Kier alpha value is -2.20. The van der Waals surface area contributed by atoms with E-state index in [4.69, 9.17) is 5.73 Å². The van der Waals surface area contributed by atoms with Crippen LogP contribution >= 0.6 is 11.3 Å². The van der Waals surface area contributed by atoms with E-state index in [-0.39, 0.29) is 10.8 Å². The number of fused-ring (bicyclic) bond motifs is 1. The molecule has 2 heterocycles. The zero-order valence-electron chi connectivity index (χ0n) is 10.2. The average Bonchev–Trinajstić information content (AvgIpc) is 2.93. The maximum absolute atomic E-state index is 13.6. The van der Waals surface area contributed by atoms with Crippen molar-refractivity contribution in [2.75, 3.05) is 10.5 Å². The van der Waals surface area contributed by atoms with Crippen LogP contribution in [0, 0.1) is 11.6 Å². The first kappa shape index (κ1) is 13.8. The number of para-hydroxylation sites is 1. The molecule has 3 aromatic rings. The molecule has 0 radical (unpaired) electrons.